The number of hydrogen-bond donors (Lipinski definition) is 1. The van der Waals surface area contributed by atoms with E-state index in [1.165, 1.54) is 12.0 Å². The fourth-order valence-electron chi connectivity index (χ4n) is 5.11. The topological polar surface area (TPSA) is 49.8 Å². The number of likely N-dealkylation sites (tertiary alicyclic amines) is 1. The van der Waals surface area contributed by atoms with Gasteiger partial charge in [-0.25, -0.2) is 0 Å². The van der Waals surface area contributed by atoms with Crippen LogP contribution in [0, 0.1) is 23.2 Å². The highest BCUT2D eigenvalue weighted by atomic mass is 16.5. The highest BCUT2D eigenvalue weighted by Gasteiger charge is 2.43. The Morgan fingerprint density at radius 2 is 2.08 bits per heavy atom. The number of benzene rings is 1. The van der Waals surface area contributed by atoms with Crippen LogP contribution in [0.4, 0.5) is 0 Å². The number of rotatable bonds is 5. The van der Waals surface area contributed by atoms with Crippen LogP contribution in [0.15, 0.2) is 36.4 Å². The van der Waals surface area contributed by atoms with Crippen molar-refractivity contribution in [2.24, 2.45) is 23.2 Å². The van der Waals surface area contributed by atoms with E-state index in [1.54, 1.807) is 7.11 Å². The summed E-state index contributed by atoms with van der Waals surface area (Å²) in [6.07, 6.45) is 9.30. The van der Waals surface area contributed by atoms with Gasteiger partial charge < -0.3 is 14.7 Å². The van der Waals surface area contributed by atoms with Crippen LogP contribution < -0.4 is 4.74 Å². The SMILES string of the molecule is COc1cccc(CC2(CO)CCN(C(=O)[C@@H]3C[C@@H]4C=C[C@H]3C4)CC2)c1. The van der Waals surface area contributed by atoms with Crippen LogP contribution in [0.1, 0.15) is 31.2 Å². The smallest absolute Gasteiger partial charge is 0.226 e. The highest BCUT2D eigenvalue weighted by molar-refractivity contribution is 5.80. The zero-order chi connectivity index (χ0) is 18.1. The molecule has 0 radical (unpaired) electrons. The lowest BCUT2D eigenvalue weighted by molar-refractivity contribution is -0.139. The second kappa shape index (κ2) is 7.07. The third kappa shape index (κ3) is 3.27. The van der Waals surface area contributed by atoms with Crippen molar-refractivity contribution >= 4 is 5.91 Å². The Labute approximate surface area is 155 Å². The fraction of sp³-hybridized carbons (Fsp3) is 0.591. The number of aliphatic hydroxyl groups is 1. The molecule has 0 aromatic heterocycles. The lowest BCUT2D eigenvalue weighted by Crippen LogP contribution is -2.48. The van der Waals surface area contributed by atoms with Gasteiger partial charge in [0.25, 0.3) is 0 Å². The largest absolute Gasteiger partial charge is 0.497 e. The van der Waals surface area contributed by atoms with Gasteiger partial charge in [0.15, 0.2) is 0 Å². The second-order valence-electron chi connectivity index (χ2n) is 8.40. The van der Waals surface area contributed by atoms with E-state index in [9.17, 15) is 9.90 Å². The Kier molecular flexibility index (Phi) is 4.78. The van der Waals surface area contributed by atoms with Crippen LogP contribution in [0.2, 0.25) is 0 Å². The predicted octanol–water partition coefficient (Wildman–Crippen LogP) is 3.05. The molecular weight excluding hydrogens is 326 g/mol. The molecule has 2 fully saturated rings. The van der Waals surface area contributed by atoms with Crippen molar-refractivity contribution in [2.75, 3.05) is 26.8 Å². The van der Waals surface area contributed by atoms with E-state index in [0.29, 0.717) is 17.7 Å². The van der Waals surface area contributed by atoms with Crippen molar-refractivity contribution in [3.63, 3.8) is 0 Å². The third-order valence-electron chi connectivity index (χ3n) is 6.78. The second-order valence-corrected chi connectivity index (χ2v) is 8.40. The molecule has 0 unspecified atom stereocenters. The van der Waals surface area contributed by atoms with Gasteiger partial charge in [0.1, 0.15) is 5.75 Å². The summed E-state index contributed by atoms with van der Waals surface area (Å²) in [5.74, 6) is 2.49. The Bertz CT molecular complexity index is 690. The number of aliphatic hydroxyl groups excluding tert-OH is 1. The minimum absolute atomic E-state index is 0.127. The first-order valence-corrected chi connectivity index (χ1v) is 9.83. The predicted molar refractivity (Wildman–Crippen MR) is 101 cm³/mol. The normalized spacial score (nSPS) is 29.2. The van der Waals surface area contributed by atoms with E-state index in [4.69, 9.17) is 4.74 Å². The molecule has 140 valence electrons. The van der Waals surface area contributed by atoms with Gasteiger partial charge in [-0.1, -0.05) is 24.3 Å². The summed E-state index contributed by atoms with van der Waals surface area (Å²) in [6.45, 7) is 1.70. The molecule has 1 saturated heterocycles. The minimum Gasteiger partial charge on any atom is -0.497 e. The molecular formula is C22H29NO3. The molecule has 1 N–H and O–H groups in total. The Morgan fingerprint density at radius 3 is 2.69 bits per heavy atom. The number of fused-ring (bicyclic) bond motifs is 2. The highest BCUT2D eigenvalue weighted by Crippen LogP contribution is 2.45. The number of amides is 1. The molecule has 1 aromatic rings. The average molecular weight is 355 g/mol. The molecule has 3 aliphatic rings. The zero-order valence-electron chi connectivity index (χ0n) is 15.6. The van der Waals surface area contributed by atoms with E-state index in [1.807, 2.05) is 12.1 Å². The van der Waals surface area contributed by atoms with E-state index < -0.39 is 0 Å². The maximum atomic E-state index is 12.9. The van der Waals surface area contributed by atoms with Gasteiger partial charge >= 0.3 is 0 Å². The molecule has 0 spiro atoms. The molecule has 4 heteroatoms. The maximum Gasteiger partial charge on any atom is 0.226 e. The number of carbonyl (C=O) groups is 1. The van der Waals surface area contributed by atoms with Crippen molar-refractivity contribution in [3.05, 3.63) is 42.0 Å². The van der Waals surface area contributed by atoms with Gasteiger partial charge in [0.2, 0.25) is 5.91 Å². The van der Waals surface area contributed by atoms with Crippen molar-refractivity contribution in [3.8, 4) is 5.75 Å². The van der Waals surface area contributed by atoms with Crippen molar-refractivity contribution in [1.29, 1.82) is 0 Å². The quantitative estimate of drug-likeness (QED) is 0.826. The molecule has 4 rings (SSSR count). The van der Waals surface area contributed by atoms with Crippen LogP contribution >= 0.6 is 0 Å². The summed E-state index contributed by atoms with van der Waals surface area (Å²) in [4.78, 5) is 15.0. The van der Waals surface area contributed by atoms with Crippen LogP contribution in [-0.2, 0) is 11.2 Å². The molecule has 1 amide bonds. The molecule has 26 heavy (non-hydrogen) atoms. The van der Waals surface area contributed by atoms with Gasteiger partial charge in [0.05, 0.1) is 7.11 Å². The van der Waals surface area contributed by atoms with Crippen LogP contribution in [0.5, 0.6) is 5.75 Å². The summed E-state index contributed by atoms with van der Waals surface area (Å²) in [6, 6.07) is 8.09. The number of methoxy groups -OCH3 is 1. The van der Waals surface area contributed by atoms with Gasteiger partial charge in [-0.3, -0.25) is 4.79 Å². The first-order valence-electron chi connectivity index (χ1n) is 9.83. The summed E-state index contributed by atoms with van der Waals surface area (Å²) in [5.41, 5.74) is 1.06. The maximum absolute atomic E-state index is 12.9. The van der Waals surface area contributed by atoms with Crippen LogP contribution in [-0.4, -0.2) is 42.7 Å². The van der Waals surface area contributed by atoms with Gasteiger partial charge in [-0.2, -0.15) is 0 Å². The molecule has 4 nitrogen and oxygen atoms in total. The number of hydrogen-bond acceptors (Lipinski definition) is 3. The third-order valence-corrected chi connectivity index (χ3v) is 6.78. The van der Waals surface area contributed by atoms with E-state index in [-0.39, 0.29) is 17.9 Å². The zero-order valence-corrected chi connectivity index (χ0v) is 15.6. The monoisotopic (exact) mass is 355 g/mol. The Morgan fingerprint density at radius 1 is 1.27 bits per heavy atom. The van der Waals surface area contributed by atoms with E-state index >= 15 is 0 Å². The number of piperidine rings is 1. The molecule has 2 bridgehead atoms. The lowest BCUT2D eigenvalue weighted by atomic mass is 9.74. The van der Waals surface area contributed by atoms with Crippen molar-refractivity contribution in [1.82, 2.24) is 4.90 Å². The van der Waals surface area contributed by atoms with Gasteiger partial charge in [-0.15, -0.1) is 0 Å². The van der Waals surface area contributed by atoms with Gasteiger partial charge in [0, 0.05) is 31.0 Å². The summed E-state index contributed by atoms with van der Waals surface area (Å²) in [7, 11) is 1.68. The van der Waals surface area contributed by atoms with E-state index in [0.717, 1.165) is 44.5 Å². The Hall–Kier alpha value is -1.81. The van der Waals surface area contributed by atoms with Crippen LogP contribution in [0.25, 0.3) is 0 Å². The van der Waals surface area contributed by atoms with Crippen molar-refractivity contribution < 1.29 is 14.6 Å². The average Bonchev–Trinajstić information content (AvgIpc) is 3.32. The van der Waals surface area contributed by atoms with Gasteiger partial charge in [-0.05, 0) is 61.6 Å². The summed E-state index contributed by atoms with van der Waals surface area (Å²) < 4.78 is 5.32. The Balaban J connectivity index is 1.39. The summed E-state index contributed by atoms with van der Waals surface area (Å²) in [5, 5.41) is 10.1. The standard InChI is InChI=1S/C22H29NO3/c1-26-19-4-2-3-17(12-19)14-22(15-24)7-9-23(10-8-22)21(25)20-13-16-5-6-18(20)11-16/h2-6,12,16,18,20,24H,7-11,13-15H2,1H3/t16-,18+,20-/m1/s1. The minimum atomic E-state index is -0.127. The lowest BCUT2D eigenvalue weighted by Gasteiger charge is -2.42. The molecule has 3 atom stereocenters. The molecule has 1 heterocycles. The number of carbonyl (C=O) groups excluding carboxylic acids is 1. The molecule has 1 aromatic carbocycles. The number of ether oxygens (including phenoxy) is 1. The number of nitrogens with zero attached hydrogens (tertiary/aromatic N) is 1. The van der Waals surface area contributed by atoms with E-state index in [2.05, 4.69) is 29.2 Å². The molecule has 1 aliphatic heterocycles. The molecule has 1 saturated carbocycles. The van der Waals surface area contributed by atoms with Crippen molar-refractivity contribution in [2.45, 2.75) is 32.1 Å². The fourth-order valence-corrected chi connectivity index (χ4v) is 5.11. The molecule has 2 aliphatic carbocycles. The van der Waals surface area contributed by atoms with Crippen LogP contribution in [0.3, 0.4) is 0 Å². The first-order chi connectivity index (χ1) is 12.6. The summed E-state index contributed by atoms with van der Waals surface area (Å²) >= 11 is 0. The first kappa shape index (κ1) is 17.6. The number of allylic oxidation sites excluding steroid dienone is 2.